The highest BCUT2D eigenvalue weighted by Crippen LogP contribution is 2.52. The summed E-state index contributed by atoms with van der Waals surface area (Å²) >= 11 is 0. The summed E-state index contributed by atoms with van der Waals surface area (Å²) in [6.07, 6.45) is 0. The molecule has 0 spiro atoms. The maximum atomic E-state index is 6.43. The van der Waals surface area contributed by atoms with E-state index >= 15 is 0 Å². The van der Waals surface area contributed by atoms with E-state index in [9.17, 15) is 0 Å². The second-order valence-corrected chi connectivity index (χ2v) is 16.4. The summed E-state index contributed by atoms with van der Waals surface area (Å²) < 4.78 is 6.43. The van der Waals surface area contributed by atoms with E-state index in [1.54, 1.807) is 0 Å². The molecule has 0 bridgehead atoms. The van der Waals surface area contributed by atoms with Gasteiger partial charge in [0.1, 0.15) is 11.2 Å². The van der Waals surface area contributed by atoms with Crippen LogP contribution in [0.1, 0.15) is 25.0 Å². The van der Waals surface area contributed by atoms with Crippen molar-refractivity contribution in [2.24, 2.45) is 0 Å². The van der Waals surface area contributed by atoms with Crippen LogP contribution in [0.3, 0.4) is 0 Å². The van der Waals surface area contributed by atoms with Crippen LogP contribution in [0.4, 0.5) is 17.1 Å². The van der Waals surface area contributed by atoms with E-state index in [1.807, 2.05) is 6.07 Å². The van der Waals surface area contributed by atoms with Gasteiger partial charge in [-0.3, -0.25) is 0 Å². The average molecular weight is 754 g/mol. The number of hydrogen-bond donors (Lipinski definition) is 0. The molecule has 1 aliphatic carbocycles. The largest absolute Gasteiger partial charge is 0.456 e. The summed E-state index contributed by atoms with van der Waals surface area (Å²) in [5, 5.41) is 9.73. The van der Waals surface area contributed by atoms with Gasteiger partial charge in [-0.05, 0) is 114 Å². The van der Waals surface area contributed by atoms with Crippen molar-refractivity contribution >= 4 is 71.3 Å². The maximum absolute atomic E-state index is 6.43. The van der Waals surface area contributed by atoms with Crippen LogP contribution in [0.15, 0.2) is 205 Å². The molecule has 1 aromatic heterocycles. The molecule has 278 valence electrons. The van der Waals surface area contributed by atoms with Crippen LogP contribution in [0.25, 0.3) is 87.6 Å². The van der Waals surface area contributed by atoms with Crippen LogP contribution >= 0.6 is 0 Å². The van der Waals surface area contributed by atoms with Gasteiger partial charge in [-0.1, -0.05) is 166 Å². The summed E-state index contributed by atoms with van der Waals surface area (Å²) in [6, 6.07) is 73.2. The lowest BCUT2D eigenvalue weighted by Crippen LogP contribution is -2.16. The topological polar surface area (TPSA) is 16.4 Å². The first-order valence-electron chi connectivity index (χ1n) is 20.5. The Morgan fingerprint density at radius 2 is 0.932 bits per heavy atom. The zero-order valence-electron chi connectivity index (χ0n) is 32.9. The van der Waals surface area contributed by atoms with Crippen molar-refractivity contribution in [3.8, 4) is 33.4 Å². The molecule has 0 atom stereocenters. The Hall–Kier alpha value is -7.42. The highest BCUT2D eigenvalue weighted by Gasteiger charge is 2.36. The van der Waals surface area contributed by atoms with Gasteiger partial charge in [0.25, 0.3) is 0 Å². The van der Waals surface area contributed by atoms with Crippen molar-refractivity contribution in [1.82, 2.24) is 0 Å². The molecule has 1 heterocycles. The molecule has 0 amide bonds. The third kappa shape index (κ3) is 5.00. The van der Waals surface area contributed by atoms with Crippen LogP contribution in [0.5, 0.6) is 0 Å². The fourth-order valence-corrected chi connectivity index (χ4v) is 10.1. The number of fused-ring (bicyclic) bond motifs is 13. The van der Waals surface area contributed by atoms with Crippen LogP contribution < -0.4 is 4.90 Å². The van der Waals surface area contributed by atoms with Gasteiger partial charge in [0.05, 0.1) is 5.69 Å². The molecule has 10 aromatic carbocycles. The van der Waals surface area contributed by atoms with E-state index in [4.69, 9.17) is 4.42 Å². The Kier molecular flexibility index (Phi) is 7.31. The van der Waals surface area contributed by atoms with E-state index in [1.165, 1.54) is 82.2 Å². The Balaban J connectivity index is 1.12. The van der Waals surface area contributed by atoms with Crippen molar-refractivity contribution < 1.29 is 4.42 Å². The van der Waals surface area contributed by atoms with Gasteiger partial charge < -0.3 is 9.32 Å². The van der Waals surface area contributed by atoms with Gasteiger partial charge in [0, 0.05) is 38.5 Å². The average Bonchev–Trinajstić information content (AvgIpc) is 3.79. The summed E-state index contributed by atoms with van der Waals surface area (Å²) in [4.78, 5) is 2.46. The van der Waals surface area contributed by atoms with Gasteiger partial charge >= 0.3 is 0 Å². The molecule has 2 nitrogen and oxygen atoms in total. The smallest absolute Gasteiger partial charge is 0.136 e. The van der Waals surface area contributed by atoms with Crippen molar-refractivity contribution in [3.63, 3.8) is 0 Å². The summed E-state index contributed by atoms with van der Waals surface area (Å²) in [5.41, 5.74) is 15.2. The van der Waals surface area contributed by atoms with Crippen LogP contribution in [-0.2, 0) is 5.41 Å². The van der Waals surface area contributed by atoms with Crippen LogP contribution in [-0.4, -0.2) is 0 Å². The number of rotatable bonds is 5. The number of nitrogens with zero attached hydrogens (tertiary/aromatic N) is 1. The first kappa shape index (κ1) is 33.7. The molecule has 0 aliphatic heterocycles. The zero-order chi connectivity index (χ0) is 39.2. The molecule has 0 unspecified atom stereocenters. The minimum atomic E-state index is -0.133. The lowest BCUT2D eigenvalue weighted by atomic mass is 9.82. The minimum absolute atomic E-state index is 0.133. The molecule has 0 saturated heterocycles. The standard InChI is InChI=1S/C57H39NO/c1-57(2)49-24-11-8-17-40(49)41-32-31-39(35-50(41)57)58(38-29-27-37(28-30-38)36-15-4-3-5-16-36)51-25-12-9-18-42(51)43-22-14-23-45-47-33-34-53-56(48-21-10-13-26-52(48)59-53)55(47)46-20-7-6-19-44(46)54(43)45/h3-35H,1-2H3. The van der Waals surface area contributed by atoms with E-state index in [2.05, 4.69) is 213 Å². The molecule has 0 N–H and O–H groups in total. The molecule has 11 aromatic rings. The third-order valence-electron chi connectivity index (χ3n) is 12.9. The monoisotopic (exact) mass is 753 g/mol. The molecular weight excluding hydrogens is 715 g/mol. The molecule has 2 heteroatoms. The first-order chi connectivity index (χ1) is 29.0. The quantitative estimate of drug-likeness (QED) is 0.163. The highest BCUT2D eigenvalue weighted by molar-refractivity contribution is 6.36. The first-order valence-corrected chi connectivity index (χ1v) is 20.5. The Morgan fingerprint density at radius 1 is 0.356 bits per heavy atom. The predicted molar refractivity (Wildman–Crippen MR) is 249 cm³/mol. The van der Waals surface area contributed by atoms with Gasteiger partial charge in [-0.15, -0.1) is 0 Å². The molecule has 12 rings (SSSR count). The Morgan fingerprint density at radius 3 is 1.75 bits per heavy atom. The van der Waals surface area contributed by atoms with Gasteiger partial charge in [-0.25, -0.2) is 0 Å². The number of anilines is 3. The Labute approximate surface area is 343 Å². The number of furan rings is 1. The molecule has 0 fully saturated rings. The maximum Gasteiger partial charge on any atom is 0.136 e. The highest BCUT2D eigenvalue weighted by atomic mass is 16.3. The molecule has 0 radical (unpaired) electrons. The normalized spacial score (nSPS) is 13.1. The second-order valence-electron chi connectivity index (χ2n) is 16.4. The van der Waals surface area contributed by atoms with Crippen LogP contribution in [0.2, 0.25) is 0 Å². The van der Waals surface area contributed by atoms with Gasteiger partial charge in [0.2, 0.25) is 0 Å². The predicted octanol–water partition coefficient (Wildman–Crippen LogP) is 16.2. The summed E-state index contributed by atoms with van der Waals surface area (Å²) in [5.74, 6) is 0. The van der Waals surface area contributed by atoms with E-state index in [0.717, 1.165) is 33.6 Å². The minimum Gasteiger partial charge on any atom is -0.456 e. The number of para-hydroxylation sites is 2. The SMILES string of the molecule is CC1(C)c2ccccc2-c2ccc(N(c3ccc(-c4ccccc4)cc3)c3ccccc3-c3cccc4c5ccc6oc7ccccc7c6c5c5ccccc5c34)cc21. The summed E-state index contributed by atoms with van der Waals surface area (Å²) in [7, 11) is 0. The van der Waals surface area contributed by atoms with Crippen molar-refractivity contribution in [2.75, 3.05) is 4.90 Å². The lowest BCUT2D eigenvalue weighted by Gasteiger charge is -2.30. The zero-order valence-corrected chi connectivity index (χ0v) is 32.9. The second kappa shape index (κ2) is 12.8. The van der Waals surface area contributed by atoms with Crippen molar-refractivity contribution in [3.05, 3.63) is 211 Å². The van der Waals surface area contributed by atoms with E-state index in [-0.39, 0.29) is 5.41 Å². The lowest BCUT2D eigenvalue weighted by molar-refractivity contribution is 0.660. The van der Waals surface area contributed by atoms with Gasteiger partial charge in [0.15, 0.2) is 0 Å². The molecule has 0 saturated carbocycles. The van der Waals surface area contributed by atoms with E-state index < -0.39 is 0 Å². The van der Waals surface area contributed by atoms with E-state index in [0.29, 0.717) is 0 Å². The third-order valence-corrected chi connectivity index (χ3v) is 12.9. The van der Waals surface area contributed by atoms with Crippen molar-refractivity contribution in [2.45, 2.75) is 19.3 Å². The number of benzene rings is 10. The number of hydrogen-bond acceptors (Lipinski definition) is 2. The van der Waals surface area contributed by atoms with Crippen molar-refractivity contribution in [1.29, 1.82) is 0 Å². The Bertz CT molecular complexity index is 3430. The molecule has 59 heavy (non-hydrogen) atoms. The van der Waals surface area contributed by atoms with Crippen LogP contribution in [0, 0.1) is 0 Å². The van der Waals surface area contributed by atoms with Gasteiger partial charge in [-0.2, -0.15) is 0 Å². The fourth-order valence-electron chi connectivity index (χ4n) is 10.1. The molecular formula is C57H39NO. The summed E-state index contributed by atoms with van der Waals surface area (Å²) in [6.45, 7) is 4.72. The molecule has 1 aliphatic rings. The fraction of sp³-hybridized carbons (Fsp3) is 0.0526.